The zero-order chi connectivity index (χ0) is 34.5. The zero-order valence-corrected chi connectivity index (χ0v) is 25.6. The summed E-state index contributed by atoms with van der Waals surface area (Å²) < 4.78 is 29.4. The van der Waals surface area contributed by atoms with E-state index in [1.54, 1.807) is 39.8 Å². The predicted octanol–water partition coefficient (Wildman–Crippen LogP) is 4.24. The molecule has 2 rings (SSSR count). The molecule has 0 radical (unpaired) electrons. The first-order valence-electron chi connectivity index (χ1n) is 13.8. The summed E-state index contributed by atoms with van der Waals surface area (Å²) in [4.78, 5) is 67.2. The van der Waals surface area contributed by atoms with E-state index in [1.807, 2.05) is 0 Å². The molecule has 0 amide bonds. The van der Waals surface area contributed by atoms with Crippen molar-refractivity contribution >= 4 is 35.3 Å². The third kappa shape index (κ3) is 13.7. The van der Waals surface area contributed by atoms with Crippen molar-refractivity contribution in [1.29, 1.82) is 0 Å². The Balaban J connectivity index is 0.000000460. The minimum atomic E-state index is -0.848. The summed E-state index contributed by atoms with van der Waals surface area (Å²) in [7, 11) is 0. The van der Waals surface area contributed by atoms with Gasteiger partial charge in [0.05, 0.1) is 59.6 Å². The van der Waals surface area contributed by atoms with E-state index < -0.39 is 33.7 Å². The van der Waals surface area contributed by atoms with Crippen LogP contribution < -0.4 is 0 Å². The van der Waals surface area contributed by atoms with Crippen LogP contribution in [0.1, 0.15) is 38.8 Å². The Bertz CT molecular complexity index is 1330. The van der Waals surface area contributed by atoms with Gasteiger partial charge in [-0.05, 0) is 39.8 Å². The van der Waals surface area contributed by atoms with E-state index in [2.05, 4.69) is 0 Å². The van der Waals surface area contributed by atoms with Crippen LogP contribution in [0.25, 0.3) is 0 Å². The molecule has 0 aliphatic carbocycles. The van der Waals surface area contributed by atoms with E-state index in [9.17, 15) is 39.4 Å². The highest BCUT2D eigenvalue weighted by Gasteiger charge is 2.20. The first-order valence-corrected chi connectivity index (χ1v) is 13.8. The lowest BCUT2D eigenvalue weighted by Gasteiger charge is -2.10. The SMILES string of the molecule is CCOC(=O)/C=C(/OCc1ccccc1[N+](=O)[O-])C(=O)OCC.CCOC(=O)/C=C(\OCc1ccccc1[N+](=O)[O-])C(=O)OCC. The normalized spacial score (nSPS) is 10.8. The monoisotopic (exact) mass is 646 g/mol. The molecular formula is C30H34N2O14. The second-order valence-corrected chi connectivity index (χ2v) is 8.31. The van der Waals surface area contributed by atoms with Crippen LogP contribution in [0.5, 0.6) is 0 Å². The molecule has 16 heteroatoms. The summed E-state index contributed by atoms with van der Waals surface area (Å²) in [6.45, 7) is 6.35. The number of carbonyl (C=O) groups is 4. The highest BCUT2D eigenvalue weighted by Crippen LogP contribution is 2.21. The number of para-hydroxylation sites is 2. The van der Waals surface area contributed by atoms with Crippen molar-refractivity contribution in [2.45, 2.75) is 40.9 Å². The van der Waals surface area contributed by atoms with Gasteiger partial charge in [0.1, 0.15) is 13.2 Å². The Morgan fingerprint density at radius 1 is 0.565 bits per heavy atom. The summed E-state index contributed by atoms with van der Waals surface area (Å²) in [5.41, 5.74) is 0.229. The predicted molar refractivity (Wildman–Crippen MR) is 158 cm³/mol. The van der Waals surface area contributed by atoms with E-state index in [0.717, 1.165) is 12.2 Å². The zero-order valence-electron chi connectivity index (χ0n) is 25.6. The number of ether oxygens (including phenoxy) is 6. The van der Waals surface area contributed by atoms with Gasteiger partial charge in [-0.1, -0.05) is 24.3 Å². The summed E-state index contributed by atoms with van der Waals surface area (Å²) in [5, 5.41) is 21.9. The minimum Gasteiger partial charge on any atom is -0.481 e. The molecule has 0 aromatic heterocycles. The van der Waals surface area contributed by atoms with E-state index in [1.165, 1.54) is 36.4 Å². The Morgan fingerprint density at radius 2 is 0.891 bits per heavy atom. The van der Waals surface area contributed by atoms with Gasteiger partial charge in [0, 0.05) is 12.1 Å². The van der Waals surface area contributed by atoms with Gasteiger partial charge in [-0.15, -0.1) is 0 Å². The second-order valence-electron chi connectivity index (χ2n) is 8.31. The van der Waals surface area contributed by atoms with E-state index in [4.69, 9.17) is 28.4 Å². The third-order valence-corrected chi connectivity index (χ3v) is 5.17. The molecule has 0 N–H and O–H groups in total. The second kappa shape index (κ2) is 21.0. The van der Waals surface area contributed by atoms with Crippen molar-refractivity contribution in [3.8, 4) is 0 Å². The maximum atomic E-state index is 11.8. The number of rotatable bonds is 16. The van der Waals surface area contributed by atoms with Crippen LogP contribution in [0, 0.1) is 20.2 Å². The van der Waals surface area contributed by atoms with Crippen LogP contribution in [0.3, 0.4) is 0 Å². The van der Waals surface area contributed by atoms with E-state index >= 15 is 0 Å². The Kier molecular flexibility index (Phi) is 17.4. The molecule has 0 saturated heterocycles. The van der Waals surface area contributed by atoms with Gasteiger partial charge >= 0.3 is 23.9 Å². The average Bonchev–Trinajstić information content (AvgIpc) is 3.02. The molecule has 46 heavy (non-hydrogen) atoms. The molecule has 248 valence electrons. The number of nitro groups is 2. The number of nitrogens with zero attached hydrogens (tertiary/aromatic N) is 2. The molecule has 2 aromatic rings. The van der Waals surface area contributed by atoms with Crippen molar-refractivity contribution < 1.29 is 57.4 Å². The van der Waals surface area contributed by atoms with Crippen LogP contribution in [0.2, 0.25) is 0 Å². The Morgan fingerprint density at radius 3 is 1.20 bits per heavy atom. The van der Waals surface area contributed by atoms with E-state index in [0.29, 0.717) is 0 Å². The van der Waals surface area contributed by atoms with Gasteiger partial charge in [0.25, 0.3) is 11.4 Å². The van der Waals surface area contributed by atoms with Gasteiger partial charge in [0.2, 0.25) is 11.5 Å². The molecule has 0 spiro atoms. The lowest BCUT2D eigenvalue weighted by atomic mass is 10.2. The minimum absolute atomic E-state index is 0.0911. The van der Waals surface area contributed by atoms with Crippen molar-refractivity contribution in [2.24, 2.45) is 0 Å². The van der Waals surface area contributed by atoms with Crippen LogP contribution in [-0.4, -0.2) is 60.2 Å². The topological polar surface area (TPSA) is 210 Å². The van der Waals surface area contributed by atoms with Gasteiger partial charge in [-0.3, -0.25) is 20.2 Å². The largest absolute Gasteiger partial charge is 0.481 e. The summed E-state index contributed by atoms with van der Waals surface area (Å²) in [6.07, 6.45) is 1.71. The highest BCUT2D eigenvalue weighted by atomic mass is 16.6. The fraction of sp³-hybridized carbons (Fsp3) is 0.333. The highest BCUT2D eigenvalue weighted by molar-refractivity contribution is 5.95. The Hall–Kier alpha value is -5.80. The van der Waals surface area contributed by atoms with Gasteiger partial charge in [-0.2, -0.15) is 0 Å². The third-order valence-electron chi connectivity index (χ3n) is 5.17. The quantitative estimate of drug-likeness (QED) is 0.0624. The van der Waals surface area contributed by atoms with Crippen LogP contribution >= 0.6 is 0 Å². The van der Waals surface area contributed by atoms with Gasteiger partial charge < -0.3 is 28.4 Å². The average molecular weight is 647 g/mol. The summed E-state index contributed by atoms with van der Waals surface area (Å²) >= 11 is 0. The van der Waals surface area contributed by atoms with Crippen molar-refractivity contribution in [3.05, 3.63) is 104 Å². The molecule has 0 aliphatic heterocycles. The molecule has 0 unspecified atom stereocenters. The summed E-state index contributed by atoms with van der Waals surface area (Å²) in [6, 6.07) is 11.9. The van der Waals surface area contributed by atoms with Crippen LogP contribution in [0.4, 0.5) is 11.4 Å². The lowest BCUT2D eigenvalue weighted by molar-refractivity contribution is -0.386. The molecule has 0 bridgehead atoms. The fourth-order valence-electron chi connectivity index (χ4n) is 3.24. The number of hydrogen-bond donors (Lipinski definition) is 0. The van der Waals surface area contributed by atoms with Gasteiger partial charge in [-0.25, -0.2) is 19.2 Å². The molecule has 0 saturated carbocycles. The summed E-state index contributed by atoms with van der Waals surface area (Å²) in [5.74, 6) is -3.97. The molecule has 2 aromatic carbocycles. The number of hydrogen-bond acceptors (Lipinski definition) is 14. The first kappa shape index (κ1) is 38.2. The molecule has 16 nitrogen and oxygen atoms in total. The van der Waals surface area contributed by atoms with Crippen molar-refractivity contribution in [1.82, 2.24) is 0 Å². The van der Waals surface area contributed by atoms with E-state index in [-0.39, 0.29) is 73.7 Å². The van der Waals surface area contributed by atoms with Crippen LogP contribution in [0.15, 0.2) is 72.2 Å². The smallest absolute Gasteiger partial charge is 0.373 e. The Labute approximate surface area is 263 Å². The lowest BCUT2D eigenvalue weighted by Crippen LogP contribution is -2.14. The number of nitro benzene ring substituents is 2. The molecule has 0 fully saturated rings. The van der Waals surface area contributed by atoms with Crippen molar-refractivity contribution in [2.75, 3.05) is 26.4 Å². The standard InChI is InChI=1S/2C15H17NO7/c2*1-3-21-14(17)9-13(15(18)22-4-2)23-10-11-7-5-6-8-12(11)16(19)20/h2*5-9H,3-4,10H2,1-2H3/b13-9+;13-9-. The fourth-order valence-corrected chi connectivity index (χ4v) is 3.24. The number of benzene rings is 2. The maximum absolute atomic E-state index is 11.8. The molecule has 0 aliphatic rings. The van der Waals surface area contributed by atoms with Crippen LogP contribution in [-0.2, 0) is 60.8 Å². The maximum Gasteiger partial charge on any atom is 0.373 e. The first-order chi connectivity index (χ1) is 22.0. The molecule has 0 heterocycles. The molecule has 0 atom stereocenters. The van der Waals surface area contributed by atoms with Crippen molar-refractivity contribution in [3.63, 3.8) is 0 Å². The number of carbonyl (C=O) groups excluding carboxylic acids is 4. The molecular weight excluding hydrogens is 612 g/mol. The number of esters is 4. The van der Waals surface area contributed by atoms with Gasteiger partial charge in [0.15, 0.2) is 0 Å².